The van der Waals surface area contributed by atoms with Gasteiger partial charge in [0.25, 0.3) is 0 Å². The summed E-state index contributed by atoms with van der Waals surface area (Å²) in [5, 5.41) is 14.3. The molecule has 0 spiro atoms. The fourth-order valence-corrected chi connectivity index (χ4v) is 4.20. The van der Waals surface area contributed by atoms with Gasteiger partial charge in [-0.15, -0.1) is 0 Å². The van der Waals surface area contributed by atoms with Crippen LogP contribution in [-0.4, -0.2) is 38.1 Å². The van der Waals surface area contributed by atoms with Crippen molar-refractivity contribution in [1.29, 1.82) is 5.26 Å². The fraction of sp³-hybridized carbons (Fsp3) is 0.292. The Kier molecular flexibility index (Phi) is 9.12. The summed E-state index contributed by atoms with van der Waals surface area (Å²) in [6.07, 6.45) is 2.81. The number of rotatable bonds is 7. The third kappa shape index (κ3) is 5.87. The average molecular weight is 431 g/mol. The van der Waals surface area contributed by atoms with Crippen molar-refractivity contribution in [2.75, 3.05) is 14.1 Å². The van der Waals surface area contributed by atoms with Gasteiger partial charge in [0, 0.05) is 0 Å². The molecule has 0 aliphatic carbocycles. The second kappa shape index (κ2) is 11.8. The monoisotopic (exact) mass is 431 g/mol. The van der Waals surface area contributed by atoms with Crippen LogP contribution in [0.5, 0.6) is 0 Å². The van der Waals surface area contributed by atoms with Crippen molar-refractivity contribution in [2.24, 2.45) is 0 Å². The third-order valence-corrected chi connectivity index (χ3v) is 5.68. The first-order chi connectivity index (χ1) is 15.1. The summed E-state index contributed by atoms with van der Waals surface area (Å²) in [4.78, 5) is 13.1. The number of hydrogen-bond acceptors (Lipinski definition) is 6. The SMILES string of the molecule is CC.CC#Cc1ccc2sc3ccc(C(CC=O)NC(=BOC#N)N(C)C)cc3c2c1. The quantitative estimate of drug-likeness (QED) is 0.259. The van der Waals surface area contributed by atoms with Crippen LogP contribution in [0.4, 0.5) is 0 Å². The number of fused-ring (bicyclic) bond motifs is 3. The molecule has 0 saturated heterocycles. The van der Waals surface area contributed by atoms with E-state index in [1.165, 1.54) is 16.5 Å². The van der Waals surface area contributed by atoms with Crippen LogP contribution in [0.3, 0.4) is 0 Å². The van der Waals surface area contributed by atoms with Gasteiger partial charge in [-0.25, -0.2) is 0 Å². The van der Waals surface area contributed by atoms with Crippen LogP contribution in [0.15, 0.2) is 36.4 Å². The molecule has 1 aromatic heterocycles. The number of nitrogens with one attached hydrogen (secondary N) is 1. The second-order valence-corrected chi connectivity index (χ2v) is 7.73. The second-order valence-electron chi connectivity index (χ2n) is 6.65. The van der Waals surface area contributed by atoms with E-state index >= 15 is 0 Å². The Morgan fingerprint density at radius 1 is 1.23 bits per heavy atom. The zero-order chi connectivity index (χ0) is 22.8. The Hall–Kier alpha value is -3.29. The van der Waals surface area contributed by atoms with E-state index in [2.05, 4.69) is 41.4 Å². The molecule has 0 aliphatic rings. The standard InChI is InChI=1S/C22H20BN3O2S.C2H6/c1-4-5-15-6-8-20-17(12-15)18-13-16(7-9-21(18)29-20)19(10-11-27)25-22(26(2)3)23-28-14-24;1-2/h6-9,11-13,19,25H,10H2,1-3H3;1-2H3. The molecule has 0 radical (unpaired) electrons. The molecule has 1 unspecified atom stereocenters. The van der Waals surface area contributed by atoms with Crippen molar-refractivity contribution in [2.45, 2.75) is 33.2 Å². The molecule has 0 fully saturated rings. The number of nitrogens with zero attached hydrogens (tertiary/aromatic N) is 2. The minimum atomic E-state index is -0.249. The van der Waals surface area contributed by atoms with E-state index in [4.69, 9.17) is 9.92 Å². The fourth-order valence-electron chi connectivity index (χ4n) is 3.14. The molecule has 158 valence electrons. The summed E-state index contributed by atoms with van der Waals surface area (Å²) in [6, 6.07) is 12.2. The third-order valence-electron chi connectivity index (χ3n) is 4.52. The topological polar surface area (TPSA) is 65.4 Å². The van der Waals surface area contributed by atoms with Crippen LogP contribution in [0.25, 0.3) is 20.2 Å². The number of carbonyl (C=O) groups excluding carboxylic acids is 1. The molecule has 7 heteroatoms. The molecular formula is C24H26BN3O2S. The van der Waals surface area contributed by atoms with E-state index < -0.39 is 0 Å². The molecule has 3 rings (SSSR count). The Labute approximate surface area is 188 Å². The maximum atomic E-state index is 11.3. The van der Waals surface area contributed by atoms with Crippen molar-refractivity contribution in [1.82, 2.24) is 10.2 Å². The van der Waals surface area contributed by atoms with Crippen LogP contribution in [0, 0.1) is 23.4 Å². The van der Waals surface area contributed by atoms with Gasteiger partial charge in [-0.3, -0.25) is 0 Å². The Bertz CT molecular complexity index is 1180. The van der Waals surface area contributed by atoms with Gasteiger partial charge in [0.05, 0.1) is 0 Å². The van der Waals surface area contributed by atoms with Crippen LogP contribution in [0.1, 0.15) is 44.4 Å². The van der Waals surface area contributed by atoms with Crippen LogP contribution < -0.4 is 5.32 Å². The molecule has 0 aliphatic heterocycles. The summed E-state index contributed by atoms with van der Waals surface area (Å²) in [5.41, 5.74) is 2.58. The van der Waals surface area contributed by atoms with Gasteiger partial charge in [0.1, 0.15) is 0 Å². The molecule has 1 N–H and O–H groups in total. The molecule has 31 heavy (non-hydrogen) atoms. The summed E-state index contributed by atoms with van der Waals surface area (Å²) in [6.45, 7) is 5.83. The zero-order valence-corrected chi connectivity index (χ0v) is 19.3. The summed E-state index contributed by atoms with van der Waals surface area (Å²) in [5.74, 6) is 6.06. The van der Waals surface area contributed by atoms with Crippen LogP contribution >= 0.6 is 11.3 Å². The number of thiophene rings is 1. The zero-order valence-electron chi connectivity index (χ0n) is 18.5. The van der Waals surface area contributed by atoms with E-state index in [0.717, 1.165) is 28.2 Å². The Balaban J connectivity index is 0.00000166. The van der Waals surface area contributed by atoms with Gasteiger partial charge < -0.3 is 0 Å². The van der Waals surface area contributed by atoms with Crippen molar-refractivity contribution in [3.63, 3.8) is 0 Å². The minimum absolute atomic E-state index is 0.249. The molecule has 3 aromatic rings. The normalized spacial score (nSPS) is 11.2. The molecule has 5 nitrogen and oxygen atoms in total. The number of hydrogen-bond donors (Lipinski definition) is 1. The summed E-state index contributed by atoms with van der Waals surface area (Å²) in [7, 11) is 5.01. The maximum absolute atomic E-state index is 11.3. The first kappa shape index (κ1) is 24.0. The van der Waals surface area contributed by atoms with E-state index in [0.29, 0.717) is 5.71 Å². The van der Waals surface area contributed by atoms with Crippen molar-refractivity contribution in [3.05, 3.63) is 47.5 Å². The average Bonchev–Trinajstić information content (AvgIpc) is 3.14. The Morgan fingerprint density at radius 3 is 2.52 bits per heavy atom. The van der Waals surface area contributed by atoms with Crippen LogP contribution in [0.2, 0.25) is 0 Å². The molecule has 2 aromatic carbocycles. The van der Waals surface area contributed by atoms with E-state index in [-0.39, 0.29) is 12.5 Å². The van der Waals surface area contributed by atoms with Crippen molar-refractivity contribution >= 4 is 50.6 Å². The first-order valence-electron chi connectivity index (χ1n) is 10.1. The van der Waals surface area contributed by atoms with E-state index in [1.807, 2.05) is 47.0 Å². The van der Waals surface area contributed by atoms with E-state index in [1.54, 1.807) is 22.5 Å². The molecular weight excluding hydrogens is 405 g/mol. The molecule has 0 saturated carbocycles. The van der Waals surface area contributed by atoms with Gasteiger partial charge in [0.2, 0.25) is 0 Å². The first-order valence-corrected chi connectivity index (χ1v) is 10.9. The van der Waals surface area contributed by atoms with Gasteiger partial charge in [0.15, 0.2) is 0 Å². The predicted octanol–water partition coefficient (Wildman–Crippen LogP) is 4.44. The van der Waals surface area contributed by atoms with Gasteiger partial charge in [-0.2, -0.15) is 0 Å². The number of carbonyl (C=O) groups is 1. The molecule has 1 atom stereocenters. The molecule has 0 amide bonds. The summed E-state index contributed by atoms with van der Waals surface area (Å²) < 4.78 is 7.15. The van der Waals surface area contributed by atoms with Gasteiger partial charge >= 0.3 is 175 Å². The summed E-state index contributed by atoms with van der Waals surface area (Å²) >= 11 is 1.74. The van der Waals surface area contributed by atoms with E-state index in [9.17, 15) is 4.79 Å². The number of benzene rings is 2. The van der Waals surface area contributed by atoms with Gasteiger partial charge in [-0.1, -0.05) is 13.8 Å². The predicted molar refractivity (Wildman–Crippen MR) is 131 cm³/mol. The van der Waals surface area contributed by atoms with Gasteiger partial charge in [-0.05, 0) is 0 Å². The molecule has 1 heterocycles. The Morgan fingerprint density at radius 2 is 1.90 bits per heavy atom. The van der Waals surface area contributed by atoms with Crippen LogP contribution in [-0.2, 0) is 9.45 Å². The number of aldehydes is 1. The van der Waals surface area contributed by atoms with Crippen molar-refractivity contribution in [3.8, 4) is 18.1 Å². The number of nitriles is 1. The van der Waals surface area contributed by atoms with Crippen molar-refractivity contribution < 1.29 is 9.45 Å². The molecule has 0 bridgehead atoms.